The summed E-state index contributed by atoms with van der Waals surface area (Å²) >= 11 is 0. The number of nitrogens with two attached hydrogens (primary N) is 1. The van der Waals surface area contributed by atoms with Gasteiger partial charge in [-0.25, -0.2) is 0 Å². The Hall–Kier alpha value is -0.610. The molecule has 2 aliphatic heterocycles. The molecule has 4 heteroatoms. The number of hydrogen-bond donors (Lipinski definition) is 2. The quantitative estimate of drug-likeness (QED) is 0.606. The van der Waals surface area contributed by atoms with Crippen molar-refractivity contribution in [1.29, 1.82) is 0 Å². The van der Waals surface area contributed by atoms with Crippen LogP contribution in [0.4, 0.5) is 0 Å². The van der Waals surface area contributed by atoms with Gasteiger partial charge in [-0.2, -0.15) is 0 Å². The molecule has 80 valence electrons. The third-order valence-electron chi connectivity index (χ3n) is 3.23. The van der Waals surface area contributed by atoms with Crippen LogP contribution in [0, 0.1) is 0 Å². The Balaban J connectivity index is 1.92. The van der Waals surface area contributed by atoms with Crippen molar-refractivity contribution in [3.05, 3.63) is 0 Å². The average Bonchev–Trinajstić information content (AvgIpc) is 2.45. The van der Waals surface area contributed by atoms with Crippen molar-refractivity contribution >= 4 is 5.91 Å². The Bertz CT molecular complexity index is 219. The highest BCUT2D eigenvalue weighted by Gasteiger charge is 2.28. The van der Waals surface area contributed by atoms with Crippen LogP contribution in [0.3, 0.4) is 0 Å². The first kappa shape index (κ1) is 9.93. The monoisotopic (exact) mass is 197 g/mol. The molecule has 0 aromatic heterocycles. The topological polar surface area (TPSA) is 58.4 Å². The summed E-state index contributed by atoms with van der Waals surface area (Å²) in [6, 6.07) is 0.757. The highest BCUT2D eigenvalue weighted by molar-refractivity contribution is 5.76. The van der Waals surface area contributed by atoms with Gasteiger partial charge < -0.3 is 11.1 Å². The maximum absolute atomic E-state index is 11.4. The molecule has 0 saturated carbocycles. The van der Waals surface area contributed by atoms with Crippen LogP contribution in [0.5, 0.6) is 0 Å². The Morgan fingerprint density at radius 3 is 3.00 bits per heavy atom. The van der Waals surface area contributed by atoms with Gasteiger partial charge in [-0.3, -0.25) is 9.69 Å². The summed E-state index contributed by atoms with van der Waals surface area (Å²) in [5.41, 5.74) is 5.86. The van der Waals surface area contributed by atoms with E-state index in [0.29, 0.717) is 18.5 Å². The van der Waals surface area contributed by atoms with Gasteiger partial charge in [0.2, 0.25) is 5.91 Å². The molecule has 0 spiro atoms. The molecule has 2 atom stereocenters. The van der Waals surface area contributed by atoms with E-state index in [4.69, 9.17) is 5.73 Å². The molecule has 3 N–H and O–H groups in total. The molecule has 1 unspecified atom stereocenters. The van der Waals surface area contributed by atoms with Crippen molar-refractivity contribution in [2.75, 3.05) is 19.6 Å². The molecule has 0 aromatic rings. The number of nitrogens with zero attached hydrogens (tertiary/aromatic N) is 1. The zero-order valence-corrected chi connectivity index (χ0v) is 8.54. The summed E-state index contributed by atoms with van der Waals surface area (Å²) in [5, 5.41) is 2.91. The first-order valence-corrected chi connectivity index (χ1v) is 5.52. The summed E-state index contributed by atoms with van der Waals surface area (Å²) in [6.07, 6.45) is 3.97. The van der Waals surface area contributed by atoms with Crippen LogP contribution in [0.15, 0.2) is 0 Å². The van der Waals surface area contributed by atoms with Crippen LogP contribution < -0.4 is 11.1 Å². The lowest BCUT2D eigenvalue weighted by Gasteiger charge is -2.25. The summed E-state index contributed by atoms with van der Waals surface area (Å²) in [4.78, 5) is 13.7. The lowest BCUT2D eigenvalue weighted by molar-refractivity contribution is -0.121. The van der Waals surface area contributed by atoms with Gasteiger partial charge in [0, 0.05) is 38.1 Å². The maximum Gasteiger partial charge on any atom is 0.221 e. The molecule has 0 aromatic carbocycles. The first-order chi connectivity index (χ1) is 6.75. The van der Waals surface area contributed by atoms with Crippen molar-refractivity contribution in [3.63, 3.8) is 0 Å². The Morgan fingerprint density at radius 2 is 2.29 bits per heavy atom. The minimum absolute atomic E-state index is 0.202. The van der Waals surface area contributed by atoms with Gasteiger partial charge in [0.15, 0.2) is 0 Å². The van der Waals surface area contributed by atoms with Crippen LogP contribution in [0.1, 0.15) is 25.7 Å². The second-order valence-corrected chi connectivity index (χ2v) is 4.39. The van der Waals surface area contributed by atoms with E-state index in [9.17, 15) is 4.79 Å². The van der Waals surface area contributed by atoms with E-state index in [2.05, 4.69) is 10.2 Å². The van der Waals surface area contributed by atoms with Gasteiger partial charge in [-0.15, -0.1) is 0 Å². The third kappa shape index (κ3) is 2.25. The zero-order valence-electron chi connectivity index (χ0n) is 8.54. The van der Waals surface area contributed by atoms with Crippen molar-refractivity contribution < 1.29 is 4.79 Å². The molecule has 2 aliphatic rings. The van der Waals surface area contributed by atoms with Gasteiger partial charge in [-0.05, 0) is 19.3 Å². The number of rotatable bonds is 1. The second kappa shape index (κ2) is 4.28. The minimum atomic E-state index is 0.202. The van der Waals surface area contributed by atoms with Gasteiger partial charge >= 0.3 is 0 Å². The SMILES string of the molecule is N[C@@H]1CCN(C2CCCNC(=O)C2)C1. The zero-order chi connectivity index (χ0) is 9.97. The normalized spacial score (nSPS) is 35.4. The van der Waals surface area contributed by atoms with E-state index in [1.807, 2.05) is 0 Å². The van der Waals surface area contributed by atoms with Gasteiger partial charge in [0.25, 0.3) is 0 Å². The summed E-state index contributed by atoms with van der Waals surface area (Å²) < 4.78 is 0. The van der Waals surface area contributed by atoms with Gasteiger partial charge in [0.05, 0.1) is 0 Å². The molecule has 2 saturated heterocycles. The molecule has 14 heavy (non-hydrogen) atoms. The van der Waals surface area contributed by atoms with E-state index >= 15 is 0 Å². The molecule has 0 aliphatic carbocycles. The minimum Gasteiger partial charge on any atom is -0.356 e. The number of likely N-dealkylation sites (tertiary alicyclic amines) is 1. The van der Waals surface area contributed by atoms with Crippen molar-refractivity contribution in [1.82, 2.24) is 10.2 Å². The Labute approximate surface area is 84.8 Å². The predicted octanol–water partition coefficient (Wildman–Crippen LogP) is -0.312. The van der Waals surface area contributed by atoms with Gasteiger partial charge in [0.1, 0.15) is 0 Å². The number of nitrogens with one attached hydrogen (secondary N) is 1. The Kier molecular flexibility index (Phi) is 3.03. The molecule has 4 nitrogen and oxygen atoms in total. The van der Waals surface area contributed by atoms with Gasteiger partial charge in [-0.1, -0.05) is 0 Å². The van der Waals surface area contributed by atoms with E-state index < -0.39 is 0 Å². The largest absolute Gasteiger partial charge is 0.356 e. The second-order valence-electron chi connectivity index (χ2n) is 4.39. The van der Waals surface area contributed by atoms with E-state index in [1.54, 1.807) is 0 Å². The van der Waals surface area contributed by atoms with Crippen molar-refractivity contribution in [2.24, 2.45) is 5.73 Å². The summed E-state index contributed by atoms with van der Waals surface area (Å²) in [7, 11) is 0. The summed E-state index contributed by atoms with van der Waals surface area (Å²) in [5.74, 6) is 0.202. The lowest BCUT2D eigenvalue weighted by atomic mass is 10.1. The standard InChI is InChI=1S/C10H19N3O/c11-8-3-5-13(7-8)9-2-1-4-12-10(14)6-9/h8-9H,1-7,11H2,(H,12,14)/t8-,9?/m1/s1. The third-order valence-corrected chi connectivity index (χ3v) is 3.23. The van der Waals surface area contributed by atoms with Crippen LogP contribution in [-0.4, -0.2) is 42.5 Å². The fraction of sp³-hybridized carbons (Fsp3) is 0.900. The molecular weight excluding hydrogens is 178 g/mol. The maximum atomic E-state index is 11.4. The van der Waals surface area contributed by atoms with Crippen molar-refractivity contribution in [2.45, 2.75) is 37.8 Å². The van der Waals surface area contributed by atoms with Crippen LogP contribution in [-0.2, 0) is 4.79 Å². The smallest absolute Gasteiger partial charge is 0.221 e. The summed E-state index contributed by atoms with van der Waals surface area (Å²) in [6.45, 7) is 2.88. The first-order valence-electron chi connectivity index (χ1n) is 5.52. The van der Waals surface area contributed by atoms with Crippen LogP contribution >= 0.6 is 0 Å². The number of amides is 1. The number of hydrogen-bond acceptors (Lipinski definition) is 3. The van der Waals surface area contributed by atoms with Crippen LogP contribution in [0.25, 0.3) is 0 Å². The molecule has 0 bridgehead atoms. The average molecular weight is 197 g/mol. The van der Waals surface area contributed by atoms with Crippen molar-refractivity contribution in [3.8, 4) is 0 Å². The molecule has 2 fully saturated rings. The molecule has 2 heterocycles. The predicted molar refractivity (Wildman–Crippen MR) is 54.8 cm³/mol. The fourth-order valence-electron chi connectivity index (χ4n) is 2.41. The number of carbonyl (C=O) groups is 1. The highest BCUT2D eigenvalue weighted by atomic mass is 16.1. The highest BCUT2D eigenvalue weighted by Crippen LogP contribution is 2.18. The van der Waals surface area contributed by atoms with E-state index in [0.717, 1.165) is 38.9 Å². The molecule has 2 rings (SSSR count). The van der Waals surface area contributed by atoms with E-state index in [-0.39, 0.29) is 5.91 Å². The fourth-order valence-corrected chi connectivity index (χ4v) is 2.41. The van der Waals surface area contributed by atoms with E-state index in [1.165, 1.54) is 0 Å². The Morgan fingerprint density at radius 1 is 1.43 bits per heavy atom. The van der Waals surface area contributed by atoms with Crippen LogP contribution in [0.2, 0.25) is 0 Å². The number of carbonyl (C=O) groups excluding carboxylic acids is 1. The molecular formula is C10H19N3O. The molecule has 1 amide bonds. The molecule has 0 radical (unpaired) electrons. The lowest BCUT2D eigenvalue weighted by Crippen LogP contribution is -2.37.